The van der Waals surface area contributed by atoms with E-state index in [9.17, 15) is 4.79 Å². The molecule has 1 saturated carbocycles. The molecule has 2 aliphatic rings. The van der Waals surface area contributed by atoms with Gasteiger partial charge < -0.3 is 15.7 Å². The smallest absolute Gasteiger partial charge is 0.323 e. The summed E-state index contributed by atoms with van der Waals surface area (Å²) in [7, 11) is 0. The largest absolute Gasteiger partial charge is 0.480 e. The van der Waals surface area contributed by atoms with Crippen LogP contribution in [-0.2, 0) is 4.79 Å². The summed E-state index contributed by atoms with van der Waals surface area (Å²) in [5.74, 6) is 0.807. The van der Waals surface area contributed by atoms with E-state index < -0.39 is 11.5 Å². The minimum atomic E-state index is -1.10. The second kappa shape index (κ2) is 4.58. The highest BCUT2D eigenvalue weighted by Gasteiger charge is 2.40. The predicted molar refractivity (Wildman–Crippen MR) is 66.7 cm³/mol. The Morgan fingerprint density at radius 1 is 1.47 bits per heavy atom. The van der Waals surface area contributed by atoms with Crippen LogP contribution >= 0.6 is 0 Å². The van der Waals surface area contributed by atoms with Gasteiger partial charge in [-0.25, -0.2) is 0 Å². The maximum Gasteiger partial charge on any atom is 0.323 e. The molecule has 0 amide bonds. The van der Waals surface area contributed by atoms with E-state index in [0.29, 0.717) is 6.42 Å². The molecule has 0 radical (unpaired) electrons. The number of fused-ring (bicyclic) bond motifs is 1. The summed E-state index contributed by atoms with van der Waals surface area (Å²) in [4.78, 5) is 13.5. The predicted octanol–water partition coefficient (Wildman–Crippen LogP) is 1.30. The number of hydrogen-bond donors (Lipinski definition) is 2. The van der Waals surface area contributed by atoms with Crippen molar-refractivity contribution in [1.29, 1.82) is 0 Å². The molecule has 1 saturated heterocycles. The lowest BCUT2D eigenvalue weighted by atomic mass is 9.94. The third-order valence-electron chi connectivity index (χ3n) is 4.59. The fraction of sp³-hybridized carbons (Fsp3) is 0.923. The monoisotopic (exact) mass is 240 g/mol. The van der Waals surface area contributed by atoms with E-state index in [2.05, 4.69) is 11.8 Å². The lowest BCUT2D eigenvalue weighted by Gasteiger charge is -2.30. The summed E-state index contributed by atoms with van der Waals surface area (Å²) < 4.78 is 0. The van der Waals surface area contributed by atoms with Crippen LogP contribution < -0.4 is 5.73 Å². The lowest BCUT2D eigenvalue weighted by molar-refractivity contribution is -0.143. The molecule has 0 aromatic heterocycles. The van der Waals surface area contributed by atoms with Crippen molar-refractivity contribution in [3.8, 4) is 0 Å². The number of carboxylic acids is 1. The Morgan fingerprint density at radius 2 is 2.00 bits per heavy atom. The van der Waals surface area contributed by atoms with Crippen LogP contribution in [-0.4, -0.2) is 40.6 Å². The van der Waals surface area contributed by atoms with Crippen LogP contribution in [0.15, 0.2) is 0 Å². The standard InChI is InChI=1S/C13H24N2O2/c1-9(6-13(2,14)12(16)17)15-7-10-4-3-5-11(10)8-15/h9-11H,3-8,14H2,1-2H3,(H,16,17). The molecule has 17 heavy (non-hydrogen) atoms. The van der Waals surface area contributed by atoms with Crippen LogP contribution in [0.2, 0.25) is 0 Å². The number of aliphatic carboxylic acids is 1. The van der Waals surface area contributed by atoms with Gasteiger partial charge in [0, 0.05) is 19.1 Å². The van der Waals surface area contributed by atoms with Gasteiger partial charge in [0.1, 0.15) is 5.54 Å². The molecule has 2 rings (SSSR count). The normalized spacial score (nSPS) is 34.3. The van der Waals surface area contributed by atoms with E-state index >= 15 is 0 Å². The van der Waals surface area contributed by atoms with E-state index in [1.54, 1.807) is 6.92 Å². The zero-order valence-corrected chi connectivity index (χ0v) is 10.9. The summed E-state index contributed by atoms with van der Waals surface area (Å²) in [5, 5.41) is 9.05. The molecule has 0 bridgehead atoms. The topological polar surface area (TPSA) is 66.6 Å². The van der Waals surface area contributed by atoms with Gasteiger partial charge in [0.15, 0.2) is 0 Å². The van der Waals surface area contributed by atoms with Gasteiger partial charge in [-0.1, -0.05) is 6.42 Å². The zero-order valence-electron chi connectivity index (χ0n) is 10.9. The Labute approximate surface area is 103 Å². The van der Waals surface area contributed by atoms with Crippen LogP contribution in [0.3, 0.4) is 0 Å². The summed E-state index contributed by atoms with van der Waals surface area (Å²) in [6.07, 6.45) is 4.61. The molecule has 1 aliphatic heterocycles. The van der Waals surface area contributed by atoms with Crippen molar-refractivity contribution in [3.63, 3.8) is 0 Å². The molecule has 0 aromatic rings. The first-order chi connectivity index (χ1) is 7.90. The third kappa shape index (κ3) is 2.63. The van der Waals surface area contributed by atoms with Crippen molar-refractivity contribution in [3.05, 3.63) is 0 Å². The number of carboxylic acid groups (broad SMARTS) is 1. The first-order valence-corrected chi connectivity index (χ1v) is 6.66. The number of hydrogen-bond acceptors (Lipinski definition) is 3. The van der Waals surface area contributed by atoms with Gasteiger partial charge >= 0.3 is 5.97 Å². The minimum Gasteiger partial charge on any atom is -0.480 e. The van der Waals surface area contributed by atoms with Crippen molar-refractivity contribution in [2.24, 2.45) is 17.6 Å². The SMILES string of the molecule is CC(CC(C)(N)C(=O)O)N1CC2CCCC2C1. The highest BCUT2D eigenvalue weighted by atomic mass is 16.4. The molecule has 4 unspecified atom stereocenters. The van der Waals surface area contributed by atoms with E-state index in [-0.39, 0.29) is 6.04 Å². The fourth-order valence-corrected chi connectivity index (χ4v) is 3.46. The maximum atomic E-state index is 11.0. The Bertz CT molecular complexity index is 292. The number of carbonyl (C=O) groups is 1. The van der Waals surface area contributed by atoms with Crippen molar-refractivity contribution in [2.75, 3.05) is 13.1 Å². The average molecular weight is 240 g/mol. The van der Waals surface area contributed by atoms with Gasteiger partial charge in [-0.2, -0.15) is 0 Å². The summed E-state index contributed by atoms with van der Waals surface area (Å²) >= 11 is 0. The van der Waals surface area contributed by atoms with Crippen LogP contribution in [0.5, 0.6) is 0 Å². The second-order valence-corrected chi connectivity index (χ2v) is 6.18. The van der Waals surface area contributed by atoms with Crippen molar-refractivity contribution in [2.45, 2.75) is 51.1 Å². The Hall–Kier alpha value is -0.610. The number of nitrogens with zero attached hydrogens (tertiary/aromatic N) is 1. The highest BCUT2D eigenvalue weighted by Crippen LogP contribution is 2.39. The number of rotatable bonds is 4. The van der Waals surface area contributed by atoms with Crippen LogP contribution in [0.25, 0.3) is 0 Å². The van der Waals surface area contributed by atoms with E-state index in [1.165, 1.54) is 19.3 Å². The first-order valence-electron chi connectivity index (χ1n) is 6.66. The summed E-state index contributed by atoms with van der Waals surface area (Å²) in [5.41, 5.74) is 4.72. The molecule has 4 atom stereocenters. The van der Waals surface area contributed by atoms with Crippen molar-refractivity contribution < 1.29 is 9.90 Å². The molecular weight excluding hydrogens is 216 g/mol. The fourth-order valence-electron chi connectivity index (χ4n) is 3.46. The number of likely N-dealkylation sites (tertiary alicyclic amines) is 1. The van der Waals surface area contributed by atoms with Crippen molar-refractivity contribution in [1.82, 2.24) is 4.90 Å². The number of nitrogens with two attached hydrogens (primary N) is 1. The van der Waals surface area contributed by atoms with Gasteiger partial charge in [-0.05, 0) is 44.9 Å². The summed E-state index contributed by atoms with van der Waals surface area (Å²) in [6.45, 7) is 6.00. The van der Waals surface area contributed by atoms with Crippen LogP contribution in [0.4, 0.5) is 0 Å². The second-order valence-electron chi connectivity index (χ2n) is 6.18. The molecule has 2 fully saturated rings. The highest BCUT2D eigenvalue weighted by molar-refractivity contribution is 5.77. The first kappa shape index (κ1) is 12.8. The average Bonchev–Trinajstić information content (AvgIpc) is 2.74. The lowest BCUT2D eigenvalue weighted by Crippen LogP contribution is -2.50. The van der Waals surface area contributed by atoms with E-state index in [0.717, 1.165) is 24.9 Å². The quantitative estimate of drug-likeness (QED) is 0.777. The molecule has 0 aromatic carbocycles. The van der Waals surface area contributed by atoms with Crippen LogP contribution in [0, 0.1) is 11.8 Å². The summed E-state index contributed by atoms with van der Waals surface area (Å²) in [6, 6.07) is 0.270. The van der Waals surface area contributed by atoms with Gasteiger partial charge in [0.2, 0.25) is 0 Å². The Balaban J connectivity index is 1.89. The molecule has 1 heterocycles. The van der Waals surface area contributed by atoms with E-state index in [1.807, 2.05) is 0 Å². The Kier molecular flexibility index (Phi) is 3.46. The zero-order chi connectivity index (χ0) is 12.6. The molecule has 3 N–H and O–H groups in total. The minimum absolute atomic E-state index is 0.270. The van der Waals surface area contributed by atoms with E-state index in [4.69, 9.17) is 10.8 Å². The van der Waals surface area contributed by atoms with Crippen LogP contribution in [0.1, 0.15) is 39.5 Å². The van der Waals surface area contributed by atoms with Crippen molar-refractivity contribution >= 4 is 5.97 Å². The molecule has 4 heteroatoms. The molecular formula is C13H24N2O2. The van der Waals surface area contributed by atoms with Gasteiger partial charge in [0.05, 0.1) is 0 Å². The third-order valence-corrected chi connectivity index (χ3v) is 4.59. The Morgan fingerprint density at radius 3 is 2.47 bits per heavy atom. The molecule has 4 nitrogen and oxygen atoms in total. The molecule has 1 aliphatic carbocycles. The maximum absolute atomic E-state index is 11.0. The van der Waals surface area contributed by atoms with Gasteiger partial charge in [-0.15, -0.1) is 0 Å². The molecule has 0 spiro atoms. The van der Waals surface area contributed by atoms with Gasteiger partial charge in [0.25, 0.3) is 0 Å². The van der Waals surface area contributed by atoms with Gasteiger partial charge in [-0.3, -0.25) is 4.79 Å². The molecule has 98 valence electrons.